The summed E-state index contributed by atoms with van der Waals surface area (Å²) in [6.45, 7) is -2.62. The molecule has 0 aliphatic carbocycles. The molecule has 20 nitrogen and oxygen atoms in total. The maximum atomic E-state index is 13.3. The lowest BCUT2D eigenvalue weighted by molar-refractivity contribution is -0.384. The molecule has 20 heteroatoms. The van der Waals surface area contributed by atoms with Gasteiger partial charge in [-0.25, -0.2) is 9.59 Å². The van der Waals surface area contributed by atoms with Gasteiger partial charge >= 0.3 is 17.9 Å². The highest BCUT2D eigenvalue weighted by Crippen LogP contribution is 2.41. The van der Waals surface area contributed by atoms with Gasteiger partial charge in [-0.1, -0.05) is 42.5 Å². The van der Waals surface area contributed by atoms with Crippen LogP contribution >= 0.6 is 0 Å². The highest BCUT2D eigenvalue weighted by atomic mass is 16.8. The summed E-state index contributed by atoms with van der Waals surface area (Å²) in [4.78, 5) is 38.0. The number of carbonyl (C=O) groups is 3. The van der Waals surface area contributed by atoms with Crippen molar-refractivity contribution in [2.75, 3.05) is 26.4 Å². The summed E-state index contributed by atoms with van der Waals surface area (Å²) in [5.74, 6) is -5.58. The fraction of sp³-hybridized carbons (Fsp3) is 0.500. The van der Waals surface area contributed by atoms with Crippen LogP contribution in [0.5, 0.6) is 5.75 Å². The van der Waals surface area contributed by atoms with Gasteiger partial charge in [-0.2, -0.15) is 0 Å². The smallest absolute Gasteiger partial charge is 0.331 e. The summed E-state index contributed by atoms with van der Waals surface area (Å²) in [6.07, 6.45) is -19.1. The van der Waals surface area contributed by atoms with Crippen molar-refractivity contribution in [3.63, 3.8) is 0 Å². The van der Waals surface area contributed by atoms with Crippen molar-refractivity contribution < 1.29 is 98.2 Å². The van der Waals surface area contributed by atoms with Gasteiger partial charge in [-0.3, -0.25) is 4.79 Å². The topological polar surface area (TPSA) is 307 Å². The minimum absolute atomic E-state index is 0.0135. The lowest BCUT2D eigenvalue weighted by Crippen LogP contribution is -2.64. The molecule has 3 aliphatic heterocycles. The average molecular weight is 823 g/mol. The summed E-state index contributed by atoms with van der Waals surface area (Å²) in [5.41, 5.74) is 1.07. The molecule has 3 saturated heterocycles. The van der Waals surface area contributed by atoms with Crippen LogP contribution in [0.1, 0.15) is 18.1 Å². The lowest BCUT2D eigenvalue weighted by atomic mass is 9.98. The number of carbonyl (C=O) groups excluding carboxylic acids is 3. The Bertz CT molecular complexity index is 1720. The Morgan fingerprint density at radius 3 is 1.88 bits per heavy atom. The van der Waals surface area contributed by atoms with Crippen molar-refractivity contribution in [2.24, 2.45) is 0 Å². The largest absolute Gasteiger partial charge is 0.508 e. The fourth-order valence-corrected chi connectivity index (χ4v) is 6.38. The second-order valence-electron chi connectivity index (χ2n) is 13.5. The Labute approximate surface area is 330 Å². The third-order valence-electron chi connectivity index (χ3n) is 9.41. The van der Waals surface area contributed by atoms with E-state index in [1.54, 1.807) is 30.3 Å². The fourth-order valence-electron chi connectivity index (χ4n) is 6.38. The van der Waals surface area contributed by atoms with Crippen molar-refractivity contribution in [1.29, 1.82) is 0 Å². The molecular weight excluding hydrogens is 776 g/mol. The zero-order valence-electron chi connectivity index (χ0n) is 30.9. The summed E-state index contributed by atoms with van der Waals surface area (Å²) >= 11 is 0. The van der Waals surface area contributed by atoms with E-state index < -0.39 is 130 Å². The Balaban J connectivity index is 1.43. The number of esters is 3. The molecule has 0 saturated carbocycles. The van der Waals surface area contributed by atoms with Crippen LogP contribution in [0.4, 0.5) is 0 Å². The number of aromatic hydroxyl groups is 1. The van der Waals surface area contributed by atoms with Gasteiger partial charge < -0.3 is 83.9 Å². The summed E-state index contributed by atoms with van der Waals surface area (Å²) in [6, 6.07) is 14.2. The first kappa shape index (κ1) is 44.7. The molecule has 14 unspecified atom stereocenters. The molecule has 318 valence electrons. The summed E-state index contributed by atoms with van der Waals surface area (Å²) in [5, 5.41) is 94.4. The van der Waals surface area contributed by atoms with Gasteiger partial charge in [0, 0.05) is 19.1 Å². The molecule has 58 heavy (non-hydrogen) atoms. The molecule has 9 N–H and O–H groups in total. The molecule has 14 atom stereocenters. The van der Waals surface area contributed by atoms with E-state index in [1.165, 1.54) is 36.4 Å². The number of rotatable bonds is 15. The van der Waals surface area contributed by atoms with Crippen LogP contribution in [0.3, 0.4) is 0 Å². The molecule has 0 spiro atoms. The minimum atomic E-state index is -2.64. The first-order valence-corrected chi connectivity index (χ1v) is 18.0. The monoisotopic (exact) mass is 822 g/mol. The van der Waals surface area contributed by atoms with E-state index in [1.807, 2.05) is 0 Å². The molecular formula is C38H46O20. The normalized spacial score (nSPS) is 35.2. The van der Waals surface area contributed by atoms with Gasteiger partial charge in [-0.15, -0.1) is 0 Å². The van der Waals surface area contributed by atoms with Gasteiger partial charge in [0.15, 0.2) is 24.8 Å². The Morgan fingerprint density at radius 1 is 0.690 bits per heavy atom. The van der Waals surface area contributed by atoms with Gasteiger partial charge in [0.25, 0.3) is 0 Å². The van der Waals surface area contributed by atoms with Crippen molar-refractivity contribution in [1.82, 2.24) is 0 Å². The van der Waals surface area contributed by atoms with E-state index in [0.717, 1.165) is 19.1 Å². The lowest BCUT2D eigenvalue weighted by Gasteiger charge is -2.45. The number of hydrogen-bond acceptors (Lipinski definition) is 20. The summed E-state index contributed by atoms with van der Waals surface area (Å²) in [7, 11) is 0. The van der Waals surface area contributed by atoms with Crippen LogP contribution in [0.2, 0.25) is 0 Å². The van der Waals surface area contributed by atoms with Crippen LogP contribution in [0, 0.1) is 0 Å². The molecule has 0 radical (unpaired) electrons. The number of benzene rings is 2. The zero-order chi connectivity index (χ0) is 42.1. The van der Waals surface area contributed by atoms with Crippen LogP contribution < -0.4 is 0 Å². The number of ether oxygens (including phenoxy) is 8. The van der Waals surface area contributed by atoms with Gasteiger partial charge in [0.2, 0.25) is 5.79 Å². The Kier molecular flexibility index (Phi) is 15.5. The van der Waals surface area contributed by atoms with E-state index >= 15 is 0 Å². The van der Waals surface area contributed by atoms with E-state index in [9.17, 15) is 60.3 Å². The predicted molar refractivity (Wildman–Crippen MR) is 191 cm³/mol. The molecule has 3 aliphatic rings. The van der Waals surface area contributed by atoms with Crippen LogP contribution in [-0.2, 0) is 52.3 Å². The number of hydrogen-bond donors (Lipinski definition) is 9. The molecule has 0 amide bonds. The highest BCUT2D eigenvalue weighted by Gasteiger charge is 2.63. The molecule has 3 fully saturated rings. The second kappa shape index (κ2) is 20.0. The molecule has 3 heterocycles. The SMILES string of the molecule is CC(=O)OCC1OC(OC2(CO)OC(CO)C(OC3OC(CO)C(O)C(O)C3O)C2OC(=O)C=Cc2ccccc2)C(O)C(O)C1OC(=O)C=Cc1ccc(O)cc1. The predicted octanol–water partition coefficient (Wildman–Crippen LogP) is -2.77. The second-order valence-corrected chi connectivity index (χ2v) is 13.5. The first-order chi connectivity index (χ1) is 27.7. The molecule has 5 rings (SSSR count). The molecule has 2 aromatic carbocycles. The summed E-state index contributed by atoms with van der Waals surface area (Å²) < 4.78 is 45.2. The van der Waals surface area contributed by atoms with Crippen LogP contribution in [0.15, 0.2) is 66.7 Å². The van der Waals surface area contributed by atoms with E-state index in [4.69, 9.17) is 37.9 Å². The van der Waals surface area contributed by atoms with Gasteiger partial charge in [0.1, 0.15) is 73.9 Å². The van der Waals surface area contributed by atoms with Gasteiger partial charge in [0.05, 0.1) is 13.2 Å². The van der Waals surface area contributed by atoms with Crippen molar-refractivity contribution in [2.45, 2.75) is 92.4 Å². The number of phenols is 1. The minimum Gasteiger partial charge on any atom is -0.508 e. The quantitative estimate of drug-likeness (QED) is 0.0499. The van der Waals surface area contributed by atoms with Gasteiger partial charge in [-0.05, 0) is 35.4 Å². The third kappa shape index (κ3) is 10.6. The van der Waals surface area contributed by atoms with Crippen molar-refractivity contribution >= 4 is 30.1 Å². The molecule has 0 aromatic heterocycles. The Morgan fingerprint density at radius 2 is 1.28 bits per heavy atom. The van der Waals surface area contributed by atoms with Crippen LogP contribution in [0.25, 0.3) is 12.2 Å². The van der Waals surface area contributed by atoms with E-state index in [0.29, 0.717) is 11.1 Å². The highest BCUT2D eigenvalue weighted by molar-refractivity contribution is 5.87. The average Bonchev–Trinajstić information content (AvgIpc) is 3.50. The Hall–Kier alpha value is -4.39. The number of phenolic OH excluding ortho intramolecular Hbond substituents is 1. The van der Waals surface area contributed by atoms with E-state index in [-0.39, 0.29) is 5.75 Å². The standard InChI is InChI=1S/C38H46O20/c1-19(42)51-17-25-33(54-26(44)13-10-21-7-11-22(43)12-8-21)30(48)32(50)37(53-25)58-38(18-41)35(55-27(45)14-9-20-5-3-2-4-6-20)34(24(16-40)57-38)56-36-31(49)29(47)28(46)23(15-39)52-36/h2-14,23-25,28-37,39-41,43,46-50H,15-18H2,1H3. The third-order valence-corrected chi connectivity index (χ3v) is 9.41. The van der Waals surface area contributed by atoms with E-state index in [2.05, 4.69) is 0 Å². The van der Waals surface area contributed by atoms with Crippen molar-refractivity contribution in [3.8, 4) is 5.75 Å². The van der Waals surface area contributed by atoms with Crippen LogP contribution in [-0.4, -0.2) is 176 Å². The number of aliphatic hydroxyl groups excluding tert-OH is 8. The molecule has 2 aromatic rings. The zero-order valence-corrected chi connectivity index (χ0v) is 30.9. The maximum absolute atomic E-state index is 13.3. The molecule has 0 bridgehead atoms. The van der Waals surface area contributed by atoms with Crippen molar-refractivity contribution in [3.05, 3.63) is 77.9 Å². The maximum Gasteiger partial charge on any atom is 0.331 e. The number of aliphatic hydroxyl groups is 8. The first-order valence-electron chi connectivity index (χ1n) is 18.0.